The maximum absolute atomic E-state index is 13.8. The number of aliphatic hydroxyl groups excluding tert-OH is 1. The van der Waals surface area contributed by atoms with Crippen LogP contribution in [0.25, 0.3) is 0 Å². The summed E-state index contributed by atoms with van der Waals surface area (Å²) < 4.78 is 5.64. The first-order valence-corrected chi connectivity index (χ1v) is 17.1. The molecule has 232 valence electrons. The molecule has 6 aliphatic rings. The van der Waals surface area contributed by atoms with Crippen LogP contribution < -0.4 is 0 Å². The van der Waals surface area contributed by atoms with Gasteiger partial charge >= 0.3 is 5.97 Å². The Bertz CT molecular complexity index is 1050. The summed E-state index contributed by atoms with van der Waals surface area (Å²) in [7, 11) is 3.84. The molecule has 1 aliphatic heterocycles. The van der Waals surface area contributed by atoms with Crippen LogP contribution in [0.5, 0.6) is 0 Å². The van der Waals surface area contributed by atoms with E-state index < -0.39 is 0 Å². The molecule has 0 radical (unpaired) electrons. The van der Waals surface area contributed by atoms with Gasteiger partial charge in [0.25, 0.3) is 0 Å². The van der Waals surface area contributed by atoms with Gasteiger partial charge in [-0.15, -0.1) is 0 Å². The Kier molecular flexibility index (Phi) is 7.39. The zero-order valence-corrected chi connectivity index (χ0v) is 27.4. The van der Waals surface area contributed by atoms with Gasteiger partial charge in [0, 0.05) is 32.7 Å². The summed E-state index contributed by atoms with van der Waals surface area (Å²) in [5.41, 5.74) is 1.77. The van der Waals surface area contributed by atoms with Gasteiger partial charge < -0.3 is 14.7 Å². The van der Waals surface area contributed by atoms with E-state index in [-0.39, 0.29) is 39.1 Å². The Balaban J connectivity index is 1.33. The van der Waals surface area contributed by atoms with Crippen molar-refractivity contribution in [2.75, 3.05) is 46.9 Å². The molecule has 5 saturated carbocycles. The summed E-state index contributed by atoms with van der Waals surface area (Å²) in [5.74, 6) is 2.62. The molecule has 6 rings (SSSR count). The van der Waals surface area contributed by atoms with Gasteiger partial charge in [-0.1, -0.05) is 46.8 Å². The lowest BCUT2D eigenvalue weighted by molar-refractivity contribution is -0.248. The third-order valence-electron chi connectivity index (χ3n) is 15.6. The number of carbonyl (C=O) groups is 1. The van der Waals surface area contributed by atoms with Crippen LogP contribution in [0.2, 0.25) is 0 Å². The van der Waals surface area contributed by atoms with Crippen LogP contribution in [0.4, 0.5) is 0 Å². The van der Waals surface area contributed by atoms with Crippen LogP contribution in [0, 0.1) is 56.7 Å². The number of fused-ring (bicyclic) bond motifs is 7. The molecule has 5 aliphatic carbocycles. The second kappa shape index (κ2) is 10.1. The van der Waals surface area contributed by atoms with Gasteiger partial charge in [-0.05, 0) is 123 Å². The Morgan fingerprint density at radius 3 is 2.24 bits per heavy atom. The quantitative estimate of drug-likeness (QED) is 0.314. The lowest BCUT2D eigenvalue weighted by atomic mass is 9.32. The number of aliphatic hydroxyl groups is 1. The van der Waals surface area contributed by atoms with Crippen LogP contribution in [-0.4, -0.2) is 73.9 Å². The SMILES string of the molecule is C=C(CN1CCN(C)CC1)[C@@H]1CC[C@]2(C(=O)OC)CC[C@]3(C)[C@H](CC[C@@H]4[C@@]5(C)CC[C@H](O)C(C)(C)[C@@H]5CC[C@]43C)[C@@H]12. The van der Waals surface area contributed by atoms with Gasteiger partial charge in [0.2, 0.25) is 0 Å². The number of likely N-dealkylation sites (N-methyl/N-ethyl adjacent to an activating group) is 1. The highest BCUT2D eigenvalue weighted by atomic mass is 16.5. The van der Waals surface area contributed by atoms with Crippen molar-refractivity contribution in [2.24, 2.45) is 56.7 Å². The minimum absolute atomic E-state index is 0.0176. The molecule has 1 heterocycles. The van der Waals surface area contributed by atoms with Gasteiger partial charge in [0.1, 0.15) is 0 Å². The molecule has 5 heteroatoms. The van der Waals surface area contributed by atoms with Crippen molar-refractivity contribution in [1.82, 2.24) is 9.80 Å². The fraction of sp³-hybridized carbons (Fsp3) is 0.917. The lowest BCUT2D eigenvalue weighted by Gasteiger charge is -2.72. The number of methoxy groups -OCH3 is 1. The van der Waals surface area contributed by atoms with E-state index in [1.807, 2.05) is 0 Å². The monoisotopic (exact) mass is 568 g/mol. The highest BCUT2D eigenvalue weighted by Crippen LogP contribution is 2.77. The maximum atomic E-state index is 13.8. The van der Waals surface area contributed by atoms with Crippen molar-refractivity contribution in [3.63, 3.8) is 0 Å². The van der Waals surface area contributed by atoms with E-state index in [0.717, 1.165) is 71.2 Å². The van der Waals surface area contributed by atoms with Gasteiger partial charge in [-0.3, -0.25) is 9.69 Å². The fourth-order valence-corrected chi connectivity index (χ4v) is 13.0. The smallest absolute Gasteiger partial charge is 0.312 e. The fourth-order valence-electron chi connectivity index (χ4n) is 13.0. The Morgan fingerprint density at radius 1 is 0.854 bits per heavy atom. The number of rotatable bonds is 4. The van der Waals surface area contributed by atoms with E-state index in [1.54, 1.807) is 7.11 Å². The van der Waals surface area contributed by atoms with E-state index in [4.69, 9.17) is 11.3 Å². The average Bonchev–Trinajstić information content (AvgIpc) is 3.33. The molecule has 0 amide bonds. The largest absolute Gasteiger partial charge is 0.469 e. The molecule has 5 nitrogen and oxygen atoms in total. The number of carbonyl (C=O) groups excluding carboxylic acids is 1. The minimum Gasteiger partial charge on any atom is -0.469 e. The zero-order valence-electron chi connectivity index (χ0n) is 27.4. The first kappa shape index (κ1) is 30.1. The van der Waals surface area contributed by atoms with Crippen molar-refractivity contribution in [3.05, 3.63) is 12.2 Å². The summed E-state index contributed by atoms with van der Waals surface area (Å²) in [6, 6.07) is 0. The topological polar surface area (TPSA) is 53.0 Å². The minimum atomic E-state index is -0.337. The number of piperazine rings is 1. The predicted octanol–water partition coefficient (Wildman–Crippen LogP) is 6.41. The van der Waals surface area contributed by atoms with Crippen LogP contribution in [-0.2, 0) is 9.53 Å². The summed E-state index contributed by atoms with van der Waals surface area (Å²) >= 11 is 0. The molecule has 1 N–H and O–H groups in total. The molecule has 0 aromatic carbocycles. The molecule has 41 heavy (non-hydrogen) atoms. The predicted molar refractivity (Wildman–Crippen MR) is 165 cm³/mol. The summed E-state index contributed by atoms with van der Waals surface area (Å²) in [4.78, 5) is 18.8. The highest BCUT2D eigenvalue weighted by molar-refractivity contribution is 5.78. The van der Waals surface area contributed by atoms with Crippen LogP contribution >= 0.6 is 0 Å². The van der Waals surface area contributed by atoms with Crippen molar-refractivity contribution in [2.45, 2.75) is 105 Å². The number of hydrogen-bond donors (Lipinski definition) is 1. The molecular weight excluding hydrogens is 508 g/mol. The molecule has 0 aromatic rings. The Labute approximate surface area is 250 Å². The highest BCUT2D eigenvalue weighted by Gasteiger charge is 2.72. The third-order valence-corrected chi connectivity index (χ3v) is 15.6. The summed E-state index contributed by atoms with van der Waals surface area (Å²) in [6.07, 6.45) is 11.1. The molecule has 0 bridgehead atoms. The third kappa shape index (κ3) is 4.13. The molecule has 6 fully saturated rings. The summed E-state index contributed by atoms with van der Waals surface area (Å²) in [5, 5.41) is 11.0. The van der Waals surface area contributed by atoms with Crippen molar-refractivity contribution < 1.29 is 14.6 Å². The second-order valence-electron chi connectivity index (χ2n) is 17.1. The first-order chi connectivity index (χ1) is 19.2. The van der Waals surface area contributed by atoms with Gasteiger partial charge in [-0.2, -0.15) is 0 Å². The molecule has 0 unspecified atom stereocenters. The van der Waals surface area contributed by atoms with E-state index in [0.29, 0.717) is 29.6 Å². The van der Waals surface area contributed by atoms with Crippen molar-refractivity contribution in [1.29, 1.82) is 0 Å². The van der Waals surface area contributed by atoms with E-state index in [2.05, 4.69) is 51.5 Å². The van der Waals surface area contributed by atoms with Crippen molar-refractivity contribution in [3.8, 4) is 0 Å². The van der Waals surface area contributed by atoms with Gasteiger partial charge in [-0.25, -0.2) is 0 Å². The number of ether oxygens (including phenoxy) is 1. The number of esters is 1. The van der Waals surface area contributed by atoms with Crippen molar-refractivity contribution >= 4 is 5.97 Å². The Hall–Kier alpha value is -0.910. The van der Waals surface area contributed by atoms with E-state index in [1.165, 1.54) is 31.3 Å². The normalized spacial score (nSPS) is 49.8. The summed E-state index contributed by atoms with van der Waals surface area (Å²) in [6.45, 7) is 22.8. The van der Waals surface area contributed by atoms with E-state index in [9.17, 15) is 9.90 Å². The molecular formula is C36H60N2O3. The number of nitrogens with zero attached hydrogens (tertiary/aromatic N) is 2. The molecule has 0 aromatic heterocycles. The van der Waals surface area contributed by atoms with Gasteiger partial charge in [0.05, 0.1) is 18.6 Å². The zero-order chi connectivity index (χ0) is 29.6. The lowest BCUT2D eigenvalue weighted by Crippen LogP contribution is -2.67. The molecule has 0 spiro atoms. The Morgan fingerprint density at radius 2 is 1.56 bits per heavy atom. The first-order valence-electron chi connectivity index (χ1n) is 17.1. The number of hydrogen-bond acceptors (Lipinski definition) is 5. The average molecular weight is 569 g/mol. The molecule has 10 atom stereocenters. The maximum Gasteiger partial charge on any atom is 0.312 e. The standard InChI is InChI=1S/C36H60N2O3/c1-24(23-38-21-19-37(7)20-22-38)25-11-16-36(31(40)41-8)18-17-34(5)26(30(25)36)9-10-28-33(4)14-13-29(39)32(2,3)27(33)12-15-35(28,34)6/h25-30,39H,1,9-23H2,2-8H3/t25-,26+,27-,28+,29-,30+,33-,34+,35+,36-/m0/s1. The van der Waals surface area contributed by atoms with Gasteiger partial charge in [0.15, 0.2) is 0 Å². The van der Waals surface area contributed by atoms with Crippen LogP contribution in [0.1, 0.15) is 98.8 Å². The molecule has 1 saturated heterocycles. The van der Waals surface area contributed by atoms with Crippen LogP contribution in [0.15, 0.2) is 12.2 Å². The van der Waals surface area contributed by atoms with E-state index >= 15 is 0 Å². The second-order valence-corrected chi connectivity index (χ2v) is 17.1. The van der Waals surface area contributed by atoms with Crippen LogP contribution in [0.3, 0.4) is 0 Å².